The van der Waals surface area contributed by atoms with Gasteiger partial charge in [0.25, 0.3) is 5.56 Å². The summed E-state index contributed by atoms with van der Waals surface area (Å²) in [6, 6.07) is 16.9. The Bertz CT molecular complexity index is 1820. The SMILES string of the molecule is CCOC(=O)C1=C(C)N=c2s/c(=C/c3ccc(N(C)C)c(Br)c3)c(=O)n2[C@H]1c1c(OC)ccc2ccccc12. The van der Waals surface area contributed by atoms with Crippen LogP contribution in [0.15, 0.2) is 80.1 Å². The number of esters is 1. The molecule has 0 aliphatic carbocycles. The average molecular weight is 607 g/mol. The number of thiazole rings is 1. The third kappa shape index (κ3) is 4.81. The molecular weight excluding hydrogens is 578 g/mol. The van der Waals surface area contributed by atoms with E-state index in [0.717, 1.165) is 32.1 Å². The molecule has 4 aromatic rings. The van der Waals surface area contributed by atoms with Crippen molar-refractivity contribution in [2.45, 2.75) is 19.9 Å². The predicted molar refractivity (Wildman–Crippen MR) is 159 cm³/mol. The highest BCUT2D eigenvalue weighted by molar-refractivity contribution is 9.10. The van der Waals surface area contributed by atoms with Gasteiger partial charge in [-0.1, -0.05) is 47.7 Å². The second-order valence-corrected chi connectivity index (χ2v) is 11.2. The number of rotatable bonds is 6. The maximum atomic E-state index is 14.1. The van der Waals surface area contributed by atoms with Gasteiger partial charge in [-0.15, -0.1) is 0 Å². The van der Waals surface area contributed by atoms with E-state index in [1.807, 2.05) is 79.7 Å². The zero-order valence-electron chi connectivity index (χ0n) is 22.3. The highest BCUT2D eigenvalue weighted by Crippen LogP contribution is 2.40. The van der Waals surface area contributed by atoms with E-state index in [9.17, 15) is 9.59 Å². The van der Waals surface area contributed by atoms with Crippen LogP contribution >= 0.6 is 27.3 Å². The van der Waals surface area contributed by atoms with Crippen LogP contribution in [0.3, 0.4) is 0 Å². The van der Waals surface area contributed by atoms with Crippen molar-refractivity contribution in [3.8, 4) is 5.75 Å². The molecule has 0 N–H and O–H groups in total. The lowest BCUT2D eigenvalue weighted by Crippen LogP contribution is -2.40. The van der Waals surface area contributed by atoms with E-state index in [1.165, 1.54) is 11.3 Å². The Morgan fingerprint density at radius 2 is 1.95 bits per heavy atom. The molecule has 1 aliphatic heterocycles. The lowest BCUT2D eigenvalue weighted by atomic mass is 9.90. The molecule has 1 atom stereocenters. The van der Waals surface area contributed by atoms with E-state index in [-0.39, 0.29) is 12.2 Å². The Morgan fingerprint density at radius 3 is 2.64 bits per heavy atom. The number of nitrogens with zero attached hydrogens (tertiary/aromatic N) is 3. The van der Waals surface area contributed by atoms with E-state index in [0.29, 0.717) is 26.4 Å². The normalized spacial score (nSPS) is 15.2. The monoisotopic (exact) mass is 605 g/mol. The largest absolute Gasteiger partial charge is 0.496 e. The van der Waals surface area contributed by atoms with E-state index in [4.69, 9.17) is 14.5 Å². The van der Waals surface area contributed by atoms with Gasteiger partial charge in [-0.2, -0.15) is 0 Å². The molecule has 9 heteroatoms. The highest BCUT2D eigenvalue weighted by atomic mass is 79.9. The number of anilines is 1. The van der Waals surface area contributed by atoms with E-state index in [2.05, 4.69) is 15.9 Å². The fourth-order valence-electron chi connectivity index (χ4n) is 4.93. The van der Waals surface area contributed by atoms with Gasteiger partial charge in [-0.3, -0.25) is 9.36 Å². The number of ether oxygens (including phenoxy) is 2. The van der Waals surface area contributed by atoms with Gasteiger partial charge in [0.1, 0.15) is 11.8 Å². The minimum atomic E-state index is -0.772. The van der Waals surface area contributed by atoms with Gasteiger partial charge >= 0.3 is 5.97 Å². The van der Waals surface area contributed by atoms with Gasteiger partial charge < -0.3 is 14.4 Å². The minimum absolute atomic E-state index is 0.206. The average Bonchev–Trinajstić information content (AvgIpc) is 3.21. The molecule has 0 amide bonds. The first kappa shape index (κ1) is 26.9. The van der Waals surface area contributed by atoms with Gasteiger partial charge in [0.15, 0.2) is 4.80 Å². The Morgan fingerprint density at radius 1 is 1.18 bits per heavy atom. The van der Waals surface area contributed by atoms with Crippen molar-refractivity contribution in [1.29, 1.82) is 0 Å². The molecule has 0 saturated carbocycles. The van der Waals surface area contributed by atoms with Crippen molar-refractivity contribution in [1.82, 2.24) is 4.57 Å². The second kappa shape index (κ2) is 10.8. The number of hydrogen-bond donors (Lipinski definition) is 0. The topological polar surface area (TPSA) is 73.1 Å². The van der Waals surface area contributed by atoms with Crippen molar-refractivity contribution in [3.05, 3.63) is 101 Å². The minimum Gasteiger partial charge on any atom is -0.496 e. The van der Waals surface area contributed by atoms with Crippen LogP contribution in [0, 0.1) is 0 Å². The van der Waals surface area contributed by atoms with Crippen LogP contribution < -0.4 is 24.5 Å². The zero-order chi connectivity index (χ0) is 27.8. The first-order valence-corrected chi connectivity index (χ1v) is 14.1. The summed E-state index contributed by atoms with van der Waals surface area (Å²) in [4.78, 5) is 34.7. The molecular formula is C30H28BrN3O4S. The number of carbonyl (C=O) groups is 1. The molecule has 200 valence electrons. The fourth-order valence-corrected chi connectivity index (χ4v) is 6.72. The summed E-state index contributed by atoms with van der Waals surface area (Å²) in [5.74, 6) is 0.0733. The number of benzene rings is 3. The molecule has 7 nitrogen and oxygen atoms in total. The zero-order valence-corrected chi connectivity index (χ0v) is 24.7. The van der Waals surface area contributed by atoms with E-state index < -0.39 is 12.0 Å². The number of hydrogen-bond acceptors (Lipinski definition) is 7. The molecule has 0 unspecified atom stereocenters. The molecule has 1 aromatic heterocycles. The molecule has 3 aromatic carbocycles. The Balaban J connectivity index is 1.80. The first-order chi connectivity index (χ1) is 18.7. The molecule has 39 heavy (non-hydrogen) atoms. The molecule has 0 bridgehead atoms. The Labute approximate surface area is 238 Å². The number of halogens is 1. The molecule has 0 spiro atoms. The number of methoxy groups -OCH3 is 1. The third-order valence-electron chi connectivity index (χ3n) is 6.69. The maximum Gasteiger partial charge on any atom is 0.338 e. The van der Waals surface area contributed by atoms with Crippen LogP contribution in [0.2, 0.25) is 0 Å². The summed E-state index contributed by atoms with van der Waals surface area (Å²) < 4.78 is 14.3. The molecule has 0 radical (unpaired) electrons. The van der Waals surface area contributed by atoms with Gasteiger partial charge in [0.2, 0.25) is 0 Å². The van der Waals surface area contributed by atoms with Crippen LogP contribution in [0.5, 0.6) is 5.75 Å². The Kier molecular flexibility index (Phi) is 7.46. The smallest absolute Gasteiger partial charge is 0.338 e. The summed E-state index contributed by atoms with van der Waals surface area (Å²) in [7, 11) is 5.54. The van der Waals surface area contributed by atoms with E-state index >= 15 is 0 Å². The maximum absolute atomic E-state index is 14.1. The van der Waals surface area contributed by atoms with Crippen molar-refractivity contribution in [2.24, 2.45) is 4.99 Å². The predicted octanol–water partition coefficient (Wildman–Crippen LogP) is 4.79. The van der Waals surface area contributed by atoms with Crippen LogP contribution in [0.4, 0.5) is 5.69 Å². The van der Waals surface area contributed by atoms with Crippen molar-refractivity contribution < 1.29 is 14.3 Å². The second-order valence-electron chi connectivity index (χ2n) is 9.31. The number of fused-ring (bicyclic) bond motifs is 2. The van der Waals surface area contributed by atoms with Gasteiger partial charge in [-0.05, 0) is 70.4 Å². The van der Waals surface area contributed by atoms with Crippen LogP contribution in [-0.2, 0) is 9.53 Å². The summed E-state index contributed by atoms with van der Waals surface area (Å²) in [6.07, 6.45) is 1.86. The van der Waals surface area contributed by atoms with Crippen molar-refractivity contribution >= 4 is 55.8 Å². The quantitative estimate of drug-likeness (QED) is 0.296. The van der Waals surface area contributed by atoms with Crippen molar-refractivity contribution in [3.63, 3.8) is 0 Å². The summed E-state index contributed by atoms with van der Waals surface area (Å²) in [5.41, 5.74) is 3.23. The highest BCUT2D eigenvalue weighted by Gasteiger charge is 2.36. The molecule has 1 aliphatic rings. The first-order valence-electron chi connectivity index (χ1n) is 12.5. The van der Waals surface area contributed by atoms with Gasteiger partial charge in [-0.25, -0.2) is 9.79 Å². The standard InChI is InChI=1S/C30H28BrN3O4S/c1-6-38-29(36)25-17(2)32-30-34(27(25)26-20-10-8-7-9-19(20)12-14-23(26)37-5)28(35)24(39-30)16-18-11-13-22(33(3)4)21(31)15-18/h7-16,27H,6H2,1-5H3/b24-16+/t27-/m1/s1. The third-order valence-corrected chi connectivity index (χ3v) is 8.31. The fraction of sp³-hybridized carbons (Fsp3) is 0.233. The number of aromatic nitrogens is 1. The van der Waals surface area contributed by atoms with Gasteiger partial charge in [0.05, 0.1) is 35.2 Å². The molecule has 0 fully saturated rings. The number of allylic oxidation sites excluding steroid dienone is 1. The lowest BCUT2D eigenvalue weighted by Gasteiger charge is -2.27. The summed E-state index contributed by atoms with van der Waals surface area (Å²) >= 11 is 4.93. The van der Waals surface area contributed by atoms with Crippen LogP contribution in [0.1, 0.15) is 31.0 Å². The van der Waals surface area contributed by atoms with E-state index in [1.54, 1.807) is 25.5 Å². The van der Waals surface area contributed by atoms with Crippen LogP contribution in [0.25, 0.3) is 16.8 Å². The Hall–Kier alpha value is -3.69. The summed E-state index contributed by atoms with van der Waals surface area (Å²) in [5, 5.41) is 1.86. The number of carbonyl (C=O) groups excluding carboxylic acids is 1. The molecule has 0 saturated heterocycles. The van der Waals surface area contributed by atoms with Crippen LogP contribution in [-0.4, -0.2) is 38.3 Å². The molecule has 5 rings (SSSR count). The van der Waals surface area contributed by atoms with Gasteiger partial charge in [0, 0.05) is 24.1 Å². The molecule has 2 heterocycles. The lowest BCUT2D eigenvalue weighted by molar-refractivity contribution is -0.139. The summed E-state index contributed by atoms with van der Waals surface area (Å²) in [6.45, 7) is 3.75. The van der Waals surface area contributed by atoms with Crippen molar-refractivity contribution in [2.75, 3.05) is 32.7 Å².